The van der Waals surface area contributed by atoms with Crippen LogP contribution < -0.4 is 10.2 Å². The second-order valence-corrected chi connectivity index (χ2v) is 5.61. The predicted octanol–water partition coefficient (Wildman–Crippen LogP) is 2.81. The van der Waals surface area contributed by atoms with Gasteiger partial charge < -0.3 is 10.2 Å². The van der Waals surface area contributed by atoms with Crippen LogP contribution >= 0.6 is 0 Å². The van der Waals surface area contributed by atoms with Crippen molar-refractivity contribution in [3.05, 3.63) is 36.5 Å². The van der Waals surface area contributed by atoms with Gasteiger partial charge in [0.1, 0.15) is 0 Å². The molecule has 3 heteroatoms. The standard InChI is InChI=1S/C16H21N3/c1-12(2)18-14-8-10-19(11-14)15-7-3-5-13-6-4-9-17-16(13)15/h3-7,9,12,14,18H,8,10-11H2,1-2H3. The van der Waals surface area contributed by atoms with Gasteiger partial charge in [0.2, 0.25) is 0 Å². The van der Waals surface area contributed by atoms with Crippen LogP contribution in [0, 0.1) is 0 Å². The van der Waals surface area contributed by atoms with E-state index in [0.29, 0.717) is 12.1 Å². The number of rotatable bonds is 3. The molecule has 2 heterocycles. The molecule has 1 aromatic carbocycles. The molecular weight excluding hydrogens is 234 g/mol. The van der Waals surface area contributed by atoms with Crippen LogP contribution in [0.4, 0.5) is 5.69 Å². The maximum Gasteiger partial charge on any atom is 0.0935 e. The van der Waals surface area contributed by atoms with Crippen LogP contribution in [0.3, 0.4) is 0 Å². The fourth-order valence-corrected chi connectivity index (χ4v) is 2.93. The minimum absolute atomic E-state index is 0.551. The lowest BCUT2D eigenvalue weighted by atomic mass is 10.2. The summed E-state index contributed by atoms with van der Waals surface area (Å²) in [7, 11) is 0. The molecule has 0 spiro atoms. The van der Waals surface area contributed by atoms with Crippen LogP contribution in [0.5, 0.6) is 0 Å². The van der Waals surface area contributed by atoms with E-state index in [0.717, 1.165) is 18.6 Å². The van der Waals surface area contributed by atoms with Gasteiger partial charge in [0.25, 0.3) is 0 Å². The number of pyridine rings is 1. The number of para-hydroxylation sites is 1. The Hall–Kier alpha value is -1.61. The average Bonchev–Trinajstić information content (AvgIpc) is 2.85. The van der Waals surface area contributed by atoms with E-state index >= 15 is 0 Å². The number of fused-ring (bicyclic) bond motifs is 1. The smallest absolute Gasteiger partial charge is 0.0935 e. The first-order valence-electron chi connectivity index (χ1n) is 7.09. The van der Waals surface area contributed by atoms with Gasteiger partial charge in [-0.05, 0) is 18.6 Å². The number of hydrogen-bond donors (Lipinski definition) is 1. The van der Waals surface area contributed by atoms with Gasteiger partial charge in [-0.15, -0.1) is 0 Å². The van der Waals surface area contributed by atoms with Crippen LogP contribution in [0.15, 0.2) is 36.5 Å². The number of benzene rings is 1. The second kappa shape index (κ2) is 5.17. The average molecular weight is 255 g/mol. The zero-order valence-electron chi connectivity index (χ0n) is 11.6. The molecule has 0 aliphatic carbocycles. The highest BCUT2D eigenvalue weighted by atomic mass is 15.2. The van der Waals surface area contributed by atoms with E-state index < -0.39 is 0 Å². The molecule has 2 aromatic rings. The number of nitrogens with zero attached hydrogens (tertiary/aromatic N) is 2. The first kappa shape index (κ1) is 12.4. The molecule has 0 radical (unpaired) electrons. The fraction of sp³-hybridized carbons (Fsp3) is 0.438. The first-order chi connectivity index (χ1) is 9.24. The largest absolute Gasteiger partial charge is 0.368 e. The molecule has 1 atom stereocenters. The zero-order chi connectivity index (χ0) is 13.2. The van der Waals surface area contributed by atoms with Crippen LogP contribution in [0.2, 0.25) is 0 Å². The molecule has 1 aliphatic rings. The lowest BCUT2D eigenvalue weighted by Gasteiger charge is -2.21. The van der Waals surface area contributed by atoms with Crippen molar-refractivity contribution in [1.82, 2.24) is 10.3 Å². The Labute approximate surface area is 114 Å². The Bertz CT molecular complexity index is 559. The number of aromatic nitrogens is 1. The van der Waals surface area contributed by atoms with Gasteiger partial charge in [0, 0.05) is 36.8 Å². The van der Waals surface area contributed by atoms with Crippen molar-refractivity contribution < 1.29 is 0 Å². The highest BCUT2D eigenvalue weighted by Crippen LogP contribution is 2.27. The number of anilines is 1. The third-order valence-corrected chi connectivity index (χ3v) is 3.71. The molecule has 1 aromatic heterocycles. The Morgan fingerprint density at radius 2 is 2.11 bits per heavy atom. The van der Waals surface area contributed by atoms with Gasteiger partial charge in [-0.1, -0.05) is 32.0 Å². The van der Waals surface area contributed by atoms with Crippen molar-refractivity contribution >= 4 is 16.6 Å². The minimum Gasteiger partial charge on any atom is -0.368 e. The molecule has 0 amide bonds. The summed E-state index contributed by atoms with van der Waals surface area (Å²) in [6.45, 7) is 6.61. The quantitative estimate of drug-likeness (QED) is 0.914. The van der Waals surface area contributed by atoms with E-state index in [2.05, 4.69) is 53.3 Å². The summed E-state index contributed by atoms with van der Waals surface area (Å²) in [6, 6.07) is 11.7. The van der Waals surface area contributed by atoms with Crippen molar-refractivity contribution in [2.45, 2.75) is 32.4 Å². The highest BCUT2D eigenvalue weighted by molar-refractivity contribution is 5.90. The van der Waals surface area contributed by atoms with Crippen molar-refractivity contribution in [3.63, 3.8) is 0 Å². The van der Waals surface area contributed by atoms with Gasteiger partial charge >= 0.3 is 0 Å². The molecule has 3 nitrogen and oxygen atoms in total. The Balaban J connectivity index is 1.86. The molecule has 1 fully saturated rings. The molecule has 0 bridgehead atoms. The Kier molecular flexibility index (Phi) is 3.38. The lowest BCUT2D eigenvalue weighted by molar-refractivity contribution is 0.492. The van der Waals surface area contributed by atoms with E-state index in [4.69, 9.17) is 0 Å². The molecular formula is C16H21N3. The lowest BCUT2D eigenvalue weighted by Crippen LogP contribution is -2.37. The maximum atomic E-state index is 4.55. The first-order valence-corrected chi connectivity index (χ1v) is 7.09. The monoisotopic (exact) mass is 255 g/mol. The van der Waals surface area contributed by atoms with Gasteiger partial charge in [0.15, 0.2) is 0 Å². The number of nitrogens with one attached hydrogen (secondary N) is 1. The fourth-order valence-electron chi connectivity index (χ4n) is 2.93. The van der Waals surface area contributed by atoms with Gasteiger partial charge in [-0.25, -0.2) is 0 Å². The summed E-state index contributed by atoms with van der Waals surface area (Å²) in [5, 5.41) is 4.85. The molecule has 100 valence electrons. The summed E-state index contributed by atoms with van der Waals surface area (Å²) in [6.07, 6.45) is 3.09. The molecule has 1 saturated heterocycles. The molecule has 3 rings (SSSR count). The van der Waals surface area contributed by atoms with Crippen LogP contribution in [0.1, 0.15) is 20.3 Å². The van der Waals surface area contributed by atoms with Gasteiger partial charge in [0.05, 0.1) is 11.2 Å². The van der Waals surface area contributed by atoms with Crippen LogP contribution in [-0.2, 0) is 0 Å². The summed E-state index contributed by atoms with van der Waals surface area (Å²) < 4.78 is 0. The highest BCUT2D eigenvalue weighted by Gasteiger charge is 2.24. The SMILES string of the molecule is CC(C)NC1CCN(c2cccc3cccnc23)C1. The Morgan fingerprint density at radius 1 is 1.26 bits per heavy atom. The van der Waals surface area contributed by atoms with Crippen molar-refractivity contribution in [2.75, 3.05) is 18.0 Å². The minimum atomic E-state index is 0.551. The van der Waals surface area contributed by atoms with E-state index in [1.165, 1.54) is 17.5 Å². The molecule has 1 aliphatic heterocycles. The topological polar surface area (TPSA) is 28.2 Å². The third-order valence-electron chi connectivity index (χ3n) is 3.71. The predicted molar refractivity (Wildman–Crippen MR) is 80.6 cm³/mol. The maximum absolute atomic E-state index is 4.55. The molecule has 0 saturated carbocycles. The second-order valence-electron chi connectivity index (χ2n) is 5.61. The van der Waals surface area contributed by atoms with E-state index in [1.807, 2.05) is 12.3 Å². The van der Waals surface area contributed by atoms with Gasteiger partial charge in [-0.2, -0.15) is 0 Å². The number of hydrogen-bond acceptors (Lipinski definition) is 3. The van der Waals surface area contributed by atoms with Crippen LogP contribution in [0.25, 0.3) is 10.9 Å². The van der Waals surface area contributed by atoms with Crippen molar-refractivity contribution in [1.29, 1.82) is 0 Å². The Morgan fingerprint density at radius 3 is 2.95 bits per heavy atom. The zero-order valence-corrected chi connectivity index (χ0v) is 11.6. The van der Waals surface area contributed by atoms with E-state index in [-0.39, 0.29) is 0 Å². The van der Waals surface area contributed by atoms with Crippen molar-refractivity contribution in [2.24, 2.45) is 0 Å². The summed E-state index contributed by atoms with van der Waals surface area (Å²) in [4.78, 5) is 7.00. The van der Waals surface area contributed by atoms with Crippen LogP contribution in [-0.4, -0.2) is 30.2 Å². The molecule has 1 N–H and O–H groups in total. The van der Waals surface area contributed by atoms with Gasteiger partial charge in [-0.3, -0.25) is 4.98 Å². The summed E-state index contributed by atoms with van der Waals surface area (Å²) >= 11 is 0. The summed E-state index contributed by atoms with van der Waals surface area (Å²) in [5.41, 5.74) is 2.39. The molecule has 1 unspecified atom stereocenters. The molecule has 19 heavy (non-hydrogen) atoms. The normalized spacial score (nSPS) is 19.5. The van der Waals surface area contributed by atoms with Crippen molar-refractivity contribution in [3.8, 4) is 0 Å². The third kappa shape index (κ3) is 2.56. The van der Waals surface area contributed by atoms with E-state index in [1.54, 1.807) is 0 Å². The summed E-state index contributed by atoms with van der Waals surface area (Å²) in [5.74, 6) is 0. The van der Waals surface area contributed by atoms with E-state index in [9.17, 15) is 0 Å².